The van der Waals surface area contributed by atoms with Crippen LogP contribution in [0.3, 0.4) is 0 Å². The fourth-order valence-electron chi connectivity index (χ4n) is 1.72. The zero-order chi connectivity index (χ0) is 10.3. The van der Waals surface area contributed by atoms with Gasteiger partial charge in [0.1, 0.15) is 0 Å². The maximum atomic E-state index is 11.6. The highest BCUT2D eigenvalue weighted by atomic mass is 16.2. The summed E-state index contributed by atoms with van der Waals surface area (Å²) in [6.07, 6.45) is 0.472. The Balaban J connectivity index is 2.63. The summed E-state index contributed by atoms with van der Waals surface area (Å²) in [5.74, 6) is 0.187. The second-order valence-corrected chi connectivity index (χ2v) is 4.96. The van der Waals surface area contributed by atoms with Crippen LogP contribution in [0.1, 0.15) is 34.1 Å². The zero-order valence-electron chi connectivity index (χ0n) is 9.05. The van der Waals surface area contributed by atoms with Crippen LogP contribution >= 0.6 is 0 Å². The number of rotatable bonds is 2. The first kappa shape index (κ1) is 10.5. The molecule has 0 radical (unpaired) electrons. The molecule has 0 spiro atoms. The smallest absolute Gasteiger partial charge is 0.224 e. The number of hydrogen-bond donors (Lipinski definition) is 1. The molecule has 0 aliphatic carbocycles. The van der Waals surface area contributed by atoms with E-state index in [1.165, 1.54) is 0 Å². The van der Waals surface area contributed by atoms with Crippen molar-refractivity contribution >= 4 is 5.91 Å². The van der Waals surface area contributed by atoms with Crippen molar-refractivity contribution < 1.29 is 4.79 Å². The number of carbonyl (C=O) groups excluding carboxylic acids is 1. The molecule has 0 aromatic carbocycles. The Morgan fingerprint density at radius 1 is 1.38 bits per heavy atom. The van der Waals surface area contributed by atoms with E-state index in [-0.39, 0.29) is 16.9 Å². The van der Waals surface area contributed by atoms with Crippen molar-refractivity contribution in [3.8, 4) is 0 Å². The average molecular weight is 184 g/mol. The van der Waals surface area contributed by atoms with Gasteiger partial charge < -0.3 is 10.6 Å². The standard InChI is InChI=1S/C10H20N2O/c1-9(2)7-12(10(9,3)4)8(13)5-6-11/h5-7,11H2,1-4H3. The molecule has 0 unspecified atom stereocenters. The van der Waals surface area contributed by atoms with E-state index in [1.807, 2.05) is 4.90 Å². The number of nitrogens with zero attached hydrogens (tertiary/aromatic N) is 1. The van der Waals surface area contributed by atoms with E-state index in [2.05, 4.69) is 27.7 Å². The molecule has 0 saturated carbocycles. The van der Waals surface area contributed by atoms with Gasteiger partial charge in [-0.3, -0.25) is 4.79 Å². The first-order valence-electron chi connectivity index (χ1n) is 4.83. The zero-order valence-corrected chi connectivity index (χ0v) is 9.05. The van der Waals surface area contributed by atoms with Crippen LogP contribution in [-0.4, -0.2) is 29.4 Å². The van der Waals surface area contributed by atoms with Gasteiger partial charge in [0.2, 0.25) is 5.91 Å². The molecule has 0 atom stereocenters. The predicted molar refractivity (Wildman–Crippen MR) is 53.2 cm³/mol. The van der Waals surface area contributed by atoms with E-state index >= 15 is 0 Å². The number of likely N-dealkylation sites (tertiary alicyclic amines) is 1. The van der Waals surface area contributed by atoms with Gasteiger partial charge in [0, 0.05) is 30.5 Å². The van der Waals surface area contributed by atoms with Gasteiger partial charge in [-0.1, -0.05) is 13.8 Å². The molecule has 1 fully saturated rings. The molecule has 3 heteroatoms. The molecule has 1 aliphatic rings. The molecule has 1 saturated heterocycles. The largest absolute Gasteiger partial charge is 0.336 e. The van der Waals surface area contributed by atoms with Crippen LogP contribution in [0.5, 0.6) is 0 Å². The Kier molecular flexibility index (Phi) is 2.41. The minimum absolute atomic E-state index is 0.0146. The van der Waals surface area contributed by atoms with Crippen LogP contribution in [0.15, 0.2) is 0 Å². The lowest BCUT2D eigenvalue weighted by Crippen LogP contribution is -2.70. The molecule has 76 valence electrons. The van der Waals surface area contributed by atoms with Gasteiger partial charge in [0.25, 0.3) is 0 Å². The molecule has 1 amide bonds. The first-order valence-corrected chi connectivity index (χ1v) is 4.83. The summed E-state index contributed by atoms with van der Waals surface area (Å²) in [6, 6.07) is 0. The fourth-order valence-corrected chi connectivity index (χ4v) is 1.72. The first-order chi connectivity index (χ1) is 5.83. The van der Waals surface area contributed by atoms with Crippen molar-refractivity contribution in [3.63, 3.8) is 0 Å². The van der Waals surface area contributed by atoms with Gasteiger partial charge in [0.15, 0.2) is 0 Å². The fraction of sp³-hybridized carbons (Fsp3) is 0.900. The molecule has 0 aromatic rings. The monoisotopic (exact) mass is 184 g/mol. The van der Waals surface area contributed by atoms with E-state index in [0.29, 0.717) is 13.0 Å². The van der Waals surface area contributed by atoms with Crippen molar-refractivity contribution in [1.29, 1.82) is 0 Å². The third-order valence-corrected chi connectivity index (χ3v) is 3.54. The summed E-state index contributed by atoms with van der Waals surface area (Å²) in [6.45, 7) is 9.93. The normalized spacial score (nSPS) is 23.9. The van der Waals surface area contributed by atoms with E-state index in [0.717, 1.165) is 6.54 Å². The molecular formula is C10H20N2O. The Hall–Kier alpha value is -0.570. The van der Waals surface area contributed by atoms with Crippen molar-refractivity contribution in [1.82, 2.24) is 4.90 Å². The Labute approximate surface area is 80.3 Å². The maximum Gasteiger partial charge on any atom is 0.224 e. The second kappa shape index (κ2) is 2.98. The van der Waals surface area contributed by atoms with E-state index in [1.54, 1.807) is 0 Å². The Morgan fingerprint density at radius 3 is 2.23 bits per heavy atom. The van der Waals surface area contributed by atoms with Gasteiger partial charge in [-0.25, -0.2) is 0 Å². The minimum atomic E-state index is -0.0146. The molecule has 13 heavy (non-hydrogen) atoms. The van der Waals surface area contributed by atoms with Crippen LogP contribution < -0.4 is 5.73 Å². The van der Waals surface area contributed by atoms with Gasteiger partial charge in [-0.2, -0.15) is 0 Å². The molecule has 1 rings (SSSR count). The maximum absolute atomic E-state index is 11.6. The van der Waals surface area contributed by atoms with E-state index < -0.39 is 0 Å². The molecule has 1 aliphatic heterocycles. The average Bonchev–Trinajstić information content (AvgIpc) is 2.00. The summed E-state index contributed by atoms with van der Waals surface area (Å²) < 4.78 is 0. The van der Waals surface area contributed by atoms with Gasteiger partial charge >= 0.3 is 0 Å². The quantitative estimate of drug-likeness (QED) is 0.695. The van der Waals surface area contributed by atoms with Crippen molar-refractivity contribution in [3.05, 3.63) is 0 Å². The van der Waals surface area contributed by atoms with Crippen LogP contribution in [-0.2, 0) is 4.79 Å². The molecule has 0 aromatic heterocycles. The molecule has 3 nitrogen and oxygen atoms in total. The predicted octanol–water partition coefficient (Wildman–Crippen LogP) is 0.982. The lowest BCUT2D eigenvalue weighted by Gasteiger charge is -2.61. The van der Waals surface area contributed by atoms with Crippen LogP contribution in [0.4, 0.5) is 0 Å². The summed E-state index contributed by atoms with van der Waals surface area (Å²) in [4.78, 5) is 13.5. The summed E-state index contributed by atoms with van der Waals surface area (Å²) >= 11 is 0. The molecule has 0 bridgehead atoms. The van der Waals surface area contributed by atoms with Crippen molar-refractivity contribution in [2.45, 2.75) is 39.7 Å². The number of carbonyl (C=O) groups is 1. The SMILES string of the molecule is CC1(C)CN(C(=O)CCN)C1(C)C. The van der Waals surface area contributed by atoms with Crippen LogP contribution in [0.25, 0.3) is 0 Å². The summed E-state index contributed by atoms with van der Waals surface area (Å²) in [7, 11) is 0. The van der Waals surface area contributed by atoms with Crippen LogP contribution in [0, 0.1) is 5.41 Å². The topological polar surface area (TPSA) is 46.3 Å². The third kappa shape index (κ3) is 1.46. The Bertz CT molecular complexity index is 221. The molecule has 1 heterocycles. The molecular weight excluding hydrogens is 164 g/mol. The third-order valence-electron chi connectivity index (χ3n) is 3.54. The minimum Gasteiger partial charge on any atom is -0.336 e. The van der Waals surface area contributed by atoms with Crippen LogP contribution in [0.2, 0.25) is 0 Å². The lowest BCUT2D eigenvalue weighted by atomic mass is 9.65. The second-order valence-electron chi connectivity index (χ2n) is 4.96. The lowest BCUT2D eigenvalue weighted by molar-refractivity contribution is -0.166. The van der Waals surface area contributed by atoms with E-state index in [9.17, 15) is 4.79 Å². The number of amides is 1. The summed E-state index contributed by atoms with van der Waals surface area (Å²) in [5.41, 5.74) is 5.57. The number of nitrogens with two attached hydrogens (primary N) is 1. The molecule has 2 N–H and O–H groups in total. The van der Waals surface area contributed by atoms with Crippen molar-refractivity contribution in [2.75, 3.05) is 13.1 Å². The van der Waals surface area contributed by atoms with Crippen molar-refractivity contribution in [2.24, 2.45) is 11.1 Å². The van der Waals surface area contributed by atoms with Gasteiger partial charge in [0.05, 0.1) is 0 Å². The highest BCUT2D eigenvalue weighted by Gasteiger charge is 2.53. The van der Waals surface area contributed by atoms with Gasteiger partial charge in [-0.05, 0) is 13.8 Å². The Morgan fingerprint density at radius 2 is 1.92 bits per heavy atom. The summed E-state index contributed by atoms with van der Waals surface area (Å²) in [5, 5.41) is 0. The van der Waals surface area contributed by atoms with E-state index in [4.69, 9.17) is 5.73 Å². The highest BCUT2D eigenvalue weighted by Crippen LogP contribution is 2.46. The number of hydrogen-bond acceptors (Lipinski definition) is 2. The highest BCUT2D eigenvalue weighted by molar-refractivity contribution is 5.78. The van der Waals surface area contributed by atoms with Gasteiger partial charge in [-0.15, -0.1) is 0 Å².